The Morgan fingerprint density at radius 2 is 1.87 bits per heavy atom. The number of nitrogens with two attached hydrogens (primary N) is 1. The molecule has 150 valence electrons. The Labute approximate surface area is 170 Å². The van der Waals surface area contributed by atoms with Gasteiger partial charge >= 0.3 is 0 Å². The second-order valence-electron chi connectivity index (χ2n) is 7.03. The zero-order valence-electron chi connectivity index (χ0n) is 16.2. The molecular weight excluding hydrogens is 388 g/mol. The van der Waals surface area contributed by atoms with Crippen molar-refractivity contribution in [1.82, 2.24) is 14.6 Å². The van der Waals surface area contributed by atoms with Crippen molar-refractivity contribution in [3.8, 4) is 17.2 Å². The van der Waals surface area contributed by atoms with E-state index in [1.165, 1.54) is 10.6 Å². The van der Waals surface area contributed by atoms with Crippen molar-refractivity contribution in [2.75, 3.05) is 0 Å². The maximum atomic E-state index is 14.5. The molecule has 0 spiro atoms. The molecule has 2 heterocycles. The first-order chi connectivity index (χ1) is 14.3. The first kappa shape index (κ1) is 19.5. The fourth-order valence-corrected chi connectivity index (χ4v) is 3.52. The van der Waals surface area contributed by atoms with Gasteiger partial charge in [-0.25, -0.2) is 18.3 Å². The molecule has 0 radical (unpaired) electrons. The van der Waals surface area contributed by atoms with Gasteiger partial charge in [0.15, 0.2) is 5.65 Å². The number of aryl methyl sites for hydroxylation is 1. The molecular formula is C22H17F2N5O. The van der Waals surface area contributed by atoms with E-state index >= 15 is 0 Å². The number of nitrogens with zero attached hydrogens (tertiary/aromatic N) is 3. The van der Waals surface area contributed by atoms with Gasteiger partial charge in [-0.3, -0.25) is 9.89 Å². The first-order valence-corrected chi connectivity index (χ1v) is 9.14. The Morgan fingerprint density at radius 1 is 1.17 bits per heavy atom. The van der Waals surface area contributed by atoms with Crippen LogP contribution in [0.5, 0.6) is 0 Å². The fourth-order valence-electron chi connectivity index (χ4n) is 3.52. The summed E-state index contributed by atoms with van der Waals surface area (Å²) in [6, 6.07) is 11.2. The van der Waals surface area contributed by atoms with Crippen LogP contribution in [0.3, 0.4) is 0 Å². The van der Waals surface area contributed by atoms with Gasteiger partial charge in [0.2, 0.25) is 0 Å². The minimum absolute atomic E-state index is 0.126. The summed E-state index contributed by atoms with van der Waals surface area (Å²) in [5.74, 6) is -1.45. The maximum absolute atomic E-state index is 14.5. The Morgan fingerprint density at radius 3 is 2.50 bits per heavy atom. The van der Waals surface area contributed by atoms with Crippen molar-refractivity contribution in [2.24, 2.45) is 5.73 Å². The lowest BCUT2D eigenvalue weighted by Gasteiger charge is -2.14. The van der Waals surface area contributed by atoms with Gasteiger partial charge in [-0.15, -0.1) is 0 Å². The normalized spacial score (nSPS) is 12.1. The van der Waals surface area contributed by atoms with Crippen LogP contribution < -0.4 is 11.3 Å². The van der Waals surface area contributed by atoms with Gasteiger partial charge < -0.3 is 5.73 Å². The molecule has 8 heteroatoms. The van der Waals surface area contributed by atoms with Gasteiger partial charge in [0.25, 0.3) is 5.56 Å². The Hall–Kier alpha value is -3.83. The van der Waals surface area contributed by atoms with Gasteiger partial charge in [-0.1, -0.05) is 12.1 Å². The predicted octanol–water partition coefficient (Wildman–Crippen LogP) is 3.50. The van der Waals surface area contributed by atoms with E-state index in [0.717, 1.165) is 12.1 Å². The van der Waals surface area contributed by atoms with Crippen LogP contribution in [0.4, 0.5) is 8.78 Å². The van der Waals surface area contributed by atoms with Gasteiger partial charge in [0.1, 0.15) is 11.6 Å². The van der Waals surface area contributed by atoms with Crippen LogP contribution in [0.2, 0.25) is 0 Å². The zero-order valence-corrected chi connectivity index (χ0v) is 16.2. The smallest absolute Gasteiger partial charge is 0.275 e. The number of fused-ring (bicyclic) bond motifs is 1. The van der Waals surface area contributed by atoms with E-state index in [0.29, 0.717) is 33.6 Å². The van der Waals surface area contributed by atoms with Crippen molar-refractivity contribution < 1.29 is 8.78 Å². The minimum atomic E-state index is -0.757. The largest absolute Gasteiger partial charge is 0.319 e. The standard InChI is InChI=1S/C22H17F2N5O/c1-11-20(19(26)14-5-3-13(10-25)4-6-14)27-21-18(12(2)28-29(21)22(11)30)16-8-7-15(23)9-17(16)24/h3-9,19,28H,26H2,1-2H3. The summed E-state index contributed by atoms with van der Waals surface area (Å²) in [6.07, 6.45) is 0. The van der Waals surface area contributed by atoms with Gasteiger partial charge in [0.05, 0.1) is 23.4 Å². The molecule has 0 amide bonds. The molecule has 3 N–H and O–H groups in total. The molecule has 0 saturated heterocycles. The monoisotopic (exact) mass is 405 g/mol. The summed E-state index contributed by atoms with van der Waals surface area (Å²) >= 11 is 0. The molecule has 4 rings (SSSR count). The van der Waals surface area contributed by atoms with E-state index in [9.17, 15) is 13.6 Å². The Bertz CT molecular complexity index is 1380. The summed E-state index contributed by atoms with van der Waals surface area (Å²) < 4.78 is 29.1. The summed E-state index contributed by atoms with van der Waals surface area (Å²) in [4.78, 5) is 17.6. The lowest BCUT2D eigenvalue weighted by atomic mass is 10.00. The molecule has 1 unspecified atom stereocenters. The molecule has 30 heavy (non-hydrogen) atoms. The molecule has 2 aromatic heterocycles. The third-order valence-corrected chi connectivity index (χ3v) is 5.12. The van der Waals surface area contributed by atoms with Crippen LogP contribution in [-0.2, 0) is 0 Å². The molecule has 0 aliphatic carbocycles. The molecule has 0 aliphatic rings. The topological polar surface area (TPSA) is 100.0 Å². The van der Waals surface area contributed by atoms with E-state index < -0.39 is 17.7 Å². The van der Waals surface area contributed by atoms with E-state index in [1.54, 1.807) is 38.1 Å². The van der Waals surface area contributed by atoms with Crippen LogP contribution >= 0.6 is 0 Å². The minimum Gasteiger partial charge on any atom is -0.319 e. The van der Waals surface area contributed by atoms with Crippen molar-refractivity contribution in [3.05, 3.63) is 92.5 Å². The van der Waals surface area contributed by atoms with Crippen LogP contribution in [-0.4, -0.2) is 14.6 Å². The second-order valence-corrected chi connectivity index (χ2v) is 7.03. The molecule has 0 saturated carbocycles. The average molecular weight is 405 g/mol. The van der Waals surface area contributed by atoms with Crippen molar-refractivity contribution >= 4 is 5.65 Å². The van der Waals surface area contributed by atoms with Crippen molar-refractivity contribution in [3.63, 3.8) is 0 Å². The Balaban J connectivity index is 1.95. The SMILES string of the molecule is Cc1[nH]n2c(=O)c(C)c(C(N)c3ccc(C#N)cc3)nc2c1-c1ccc(F)cc1F. The fraction of sp³-hybridized carbons (Fsp3) is 0.136. The molecule has 0 fully saturated rings. The van der Waals surface area contributed by atoms with E-state index in [-0.39, 0.29) is 16.8 Å². The highest BCUT2D eigenvalue weighted by molar-refractivity contribution is 5.80. The third-order valence-electron chi connectivity index (χ3n) is 5.12. The summed E-state index contributed by atoms with van der Waals surface area (Å²) in [5, 5.41) is 11.9. The summed E-state index contributed by atoms with van der Waals surface area (Å²) in [7, 11) is 0. The van der Waals surface area contributed by atoms with Gasteiger partial charge in [0, 0.05) is 28.5 Å². The quantitative estimate of drug-likeness (QED) is 0.545. The van der Waals surface area contributed by atoms with E-state index in [1.807, 2.05) is 6.07 Å². The number of hydrogen-bond acceptors (Lipinski definition) is 4. The number of hydrogen-bond donors (Lipinski definition) is 2. The van der Waals surface area contributed by atoms with Crippen molar-refractivity contribution in [2.45, 2.75) is 19.9 Å². The molecule has 1 atom stereocenters. The van der Waals surface area contributed by atoms with Gasteiger partial charge in [-0.2, -0.15) is 5.26 Å². The maximum Gasteiger partial charge on any atom is 0.275 e. The molecule has 0 aliphatic heterocycles. The van der Waals surface area contributed by atoms with E-state index in [2.05, 4.69) is 10.1 Å². The number of H-pyrrole nitrogens is 1. The molecule has 0 bridgehead atoms. The van der Waals surface area contributed by atoms with Crippen LogP contribution in [0.25, 0.3) is 16.8 Å². The summed E-state index contributed by atoms with van der Waals surface area (Å²) in [5.41, 5.74) is 9.06. The highest BCUT2D eigenvalue weighted by atomic mass is 19.1. The molecule has 4 aromatic rings. The third kappa shape index (κ3) is 3.06. The molecule has 2 aromatic carbocycles. The highest BCUT2D eigenvalue weighted by Gasteiger charge is 2.22. The molecule has 6 nitrogen and oxygen atoms in total. The average Bonchev–Trinajstić information content (AvgIpc) is 3.06. The van der Waals surface area contributed by atoms with Crippen LogP contribution in [0.1, 0.15) is 34.1 Å². The van der Waals surface area contributed by atoms with Crippen molar-refractivity contribution in [1.29, 1.82) is 5.26 Å². The number of halogens is 2. The number of nitrogens with one attached hydrogen (secondary N) is 1. The number of nitriles is 1. The zero-order chi connectivity index (χ0) is 21.6. The predicted molar refractivity (Wildman–Crippen MR) is 108 cm³/mol. The second kappa shape index (κ2) is 7.21. The van der Waals surface area contributed by atoms with E-state index in [4.69, 9.17) is 11.0 Å². The number of aromatic amines is 1. The lowest BCUT2D eigenvalue weighted by molar-refractivity contribution is 0.585. The van der Waals surface area contributed by atoms with Crippen LogP contribution in [0, 0.1) is 36.8 Å². The highest BCUT2D eigenvalue weighted by Crippen LogP contribution is 2.30. The lowest BCUT2D eigenvalue weighted by Crippen LogP contribution is -2.25. The number of benzene rings is 2. The summed E-state index contributed by atoms with van der Waals surface area (Å²) in [6.45, 7) is 3.30. The first-order valence-electron chi connectivity index (χ1n) is 9.14. The number of aromatic nitrogens is 3. The number of rotatable bonds is 3. The van der Waals surface area contributed by atoms with Crippen LogP contribution in [0.15, 0.2) is 47.3 Å². The Kier molecular flexibility index (Phi) is 4.68. The van der Waals surface area contributed by atoms with Gasteiger partial charge in [-0.05, 0) is 43.7 Å².